The summed E-state index contributed by atoms with van der Waals surface area (Å²) in [5, 5.41) is 12.4. The predicted molar refractivity (Wildman–Crippen MR) is 126 cm³/mol. The van der Waals surface area contributed by atoms with E-state index >= 15 is 0 Å². The number of anilines is 2. The summed E-state index contributed by atoms with van der Waals surface area (Å²) in [6.07, 6.45) is 2.45. The van der Waals surface area contributed by atoms with Gasteiger partial charge in [-0.25, -0.2) is 9.78 Å². The normalized spacial score (nSPS) is 24.7. The first kappa shape index (κ1) is 23.3. The van der Waals surface area contributed by atoms with Gasteiger partial charge in [0.25, 0.3) is 0 Å². The van der Waals surface area contributed by atoms with Gasteiger partial charge in [0.15, 0.2) is 5.84 Å². The van der Waals surface area contributed by atoms with Crippen molar-refractivity contribution < 1.29 is 14.7 Å². The van der Waals surface area contributed by atoms with Crippen LogP contribution >= 0.6 is 0 Å². The number of rotatable bonds is 3. The lowest BCUT2D eigenvalue weighted by Crippen LogP contribution is -2.42. The standard InChI is InChI=1S/C22H36N8O3/c1-22(2,3)33-21(31)30-11-7-16-17(30)6-10-29(16)18-14-15(19(23)26-32)24-20(25-18)28-9-5-8-27(4)12-13-28/h14,16-17,32H,5-13H2,1-4H3,(H2,23,26). The lowest BCUT2D eigenvalue weighted by molar-refractivity contribution is 0.0228. The summed E-state index contributed by atoms with van der Waals surface area (Å²) < 4.78 is 5.63. The number of nitrogens with two attached hydrogens (primary N) is 1. The Morgan fingerprint density at radius 1 is 1.12 bits per heavy atom. The smallest absolute Gasteiger partial charge is 0.410 e. The Bertz CT molecular complexity index is 902. The molecular weight excluding hydrogens is 424 g/mol. The van der Waals surface area contributed by atoms with Crippen molar-refractivity contribution in [1.29, 1.82) is 0 Å². The number of carbonyl (C=O) groups excluding carboxylic acids is 1. The number of amides is 1. The zero-order valence-electron chi connectivity index (χ0n) is 20.1. The maximum atomic E-state index is 12.7. The minimum absolute atomic E-state index is 0.0376. The van der Waals surface area contributed by atoms with Gasteiger partial charge in [-0.3, -0.25) is 0 Å². The highest BCUT2D eigenvalue weighted by Gasteiger charge is 2.46. The zero-order chi connectivity index (χ0) is 23.8. The van der Waals surface area contributed by atoms with E-state index in [0.717, 1.165) is 57.8 Å². The average Bonchev–Trinajstić information content (AvgIpc) is 3.29. The number of nitrogens with zero attached hydrogens (tertiary/aromatic N) is 7. The van der Waals surface area contributed by atoms with Crippen molar-refractivity contribution in [2.45, 2.75) is 57.7 Å². The fourth-order valence-electron chi connectivity index (χ4n) is 4.96. The van der Waals surface area contributed by atoms with Crippen LogP contribution in [0.5, 0.6) is 0 Å². The van der Waals surface area contributed by atoms with Crippen LogP contribution in [0.2, 0.25) is 0 Å². The molecule has 0 spiro atoms. The maximum Gasteiger partial charge on any atom is 0.410 e. The quantitative estimate of drug-likeness (QED) is 0.297. The second-order valence-corrected chi connectivity index (χ2v) is 10.1. The molecule has 11 heteroatoms. The molecule has 1 aromatic heterocycles. The second-order valence-electron chi connectivity index (χ2n) is 10.1. The Morgan fingerprint density at radius 2 is 1.88 bits per heavy atom. The number of oxime groups is 1. The van der Waals surface area contributed by atoms with Crippen LogP contribution in [0, 0.1) is 0 Å². The summed E-state index contributed by atoms with van der Waals surface area (Å²) in [4.78, 5) is 30.8. The lowest BCUT2D eigenvalue weighted by atomic mass is 10.1. The fourth-order valence-corrected chi connectivity index (χ4v) is 4.96. The number of likely N-dealkylation sites (tertiary alicyclic amines) is 1. The average molecular weight is 461 g/mol. The summed E-state index contributed by atoms with van der Waals surface area (Å²) in [6, 6.07) is 2.01. The van der Waals surface area contributed by atoms with E-state index in [1.807, 2.05) is 25.7 Å². The van der Waals surface area contributed by atoms with E-state index in [4.69, 9.17) is 15.5 Å². The number of carbonyl (C=O) groups is 1. The van der Waals surface area contributed by atoms with Gasteiger partial charge in [0.1, 0.15) is 17.1 Å². The number of hydrogen-bond acceptors (Lipinski definition) is 9. The first-order chi connectivity index (χ1) is 15.7. The Hall–Kier alpha value is -2.82. The maximum absolute atomic E-state index is 12.7. The topological polar surface area (TPSA) is 124 Å². The molecule has 0 radical (unpaired) electrons. The van der Waals surface area contributed by atoms with Crippen molar-refractivity contribution in [1.82, 2.24) is 19.8 Å². The molecule has 182 valence electrons. The molecule has 11 nitrogen and oxygen atoms in total. The number of hydrogen-bond donors (Lipinski definition) is 2. The number of amidine groups is 1. The minimum Gasteiger partial charge on any atom is -0.444 e. The van der Waals surface area contributed by atoms with Crippen LogP contribution in [0.3, 0.4) is 0 Å². The van der Waals surface area contributed by atoms with Gasteiger partial charge in [-0.1, -0.05) is 5.16 Å². The lowest BCUT2D eigenvalue weighted by Gasteiger charge is -2.29. The molecule has 4 rings (SSSR count). The third kappa shape index (κ3) is 5.07. The molecule has 0 aliphatic carbocycles. The molecule has 0 aromatic carbocycles. The van der Waals surface area contributed by atoms with Gasteiger partial charge < -0.3 is 35.3 Å². The Balaban J connectivity index is 1.59. The third-order valence-corrected chi connectivity index (χ3v) is 6.57. The van der Waals surface area contributed by atoms with Crippen molar-refractivity contribution in [2.75, 3.05) is 56.1 Å². The van der Waals surface area contributed by atoms with Crippen LogP contribution in [0.25, 0.3) is 0 Å². The van der Waals surface area contributed by atoms with Crippen molar-refractivity contribution in [3.63, 3.8) is 0 Å². The molecule has 3 aliphatic heterocycles. The van der Waals surface area contributed by atoms with Crippen LogP contribution in [-0.4, -0.2) is 101 Å². The first-order valence-corrected chi connectivity index (χ1v) is 11.7. The highest BCUT2D eigenvalue weighted by Crippen LogP contribution is 2.36. The van der Waals surface area contributed by atoms with E-state index in [-0.39, 0.29) is 24.0 Å². The van der Waals surface area contributed by atoms with E-state index in [0.29, 0.717) is 18.2 Å². The van der Waals surface area contributed by atoms with Crippen molar-refractivity contribution in [3.8, 4) is 0 Å². The van der Waals surface area contributed by atoms with Crippen LogP contribution in [0.15, 0.2) is 11.2 Å². The Kier molecular flexibility index (Phi) is 6.51. The van der Waals surface area contributed by atoms with Gasteiger partial charge in [0, 0.05) is 38.8 Å². The van der Waals surface area contributed by atoms with E-state index in [2.05, 4.69) is 31.9 Å². The van der Waals surface area contributed by atoms with Gasteiger partial charge >= 0.3 is 6.09 Å². The minimum atomic E-state index is -0.522. The zero-order valence-corrected chi connectivity index (χ0v) is 20.1. The van der Waals surface area contributed by atoms with Crippen molar-refractivity contribution in [2.24, 2.45) is 10.9 Å². The van der Waals surface area contributed by atoms with Crippen molar-refractivity contribution >= 4 is 23.7 Å². The highest BCUT2D eigenvalue weighted by atomic mass is 16.6. The van der Waals surface area contributed by atoms with Crippen LogP contribution in [0.4, 0.5) is 16.6 Å². The molecule has 4 heterocycles. The van der Waals surface area contributed by atoms with E-state index in [1.54, 1.807) is 6.07 Å². The van der Waals surface area contributed by atoms with Gasteiger partial charge in [-0.15, -0.1) is 0 Å². The first-order valence-electron chi connectivity index (χ1n) is 11.7. The molecule has 1 aromatic rings. The summed E-state index contributed by atoms with van der Waals surface area (Å²) >= 11 is 0. The van der Waals surface area contributed by atoms with E-state index in [1.165, 1.54) is 0 Å². The summed E-state index contributed by atoms with van der Waals surface area (Å²) in [7, 11) is 2.11. The number of aromatic nitrogens is 2. The van der Waals surface area contributed by atoms with Crippen LogP contribution in [0.1, 0.15) is 45.7 Å². The van der Waals surface area contributed by atoms with E-state index < -0.39 is 5.60 Å². The van der Waals surface area contributed by atoms with Gasteiger partial charge in [-0.2, -0.15) is 4.98 Å². The summed E-state index contributed by atoms with van der Waals surface area (Å²) in [5.74, 6) is 1.30. The van der Waals surface area contributed by atoms with Gasteiger partial charge in [0.2, 0.25) is 5.95 Å². The van der Waals surface area contributed by atoms with E-state index in [9.17, 15) is 10.0 Å². The van der Waals surface area contributed by atoms with Crippen molar-refractivity contribution in [3.05, 3.63) is 11.8 Å². The van der Waals surface area contributed by atoms with Gasteiger partial charge in [0.05, 0.1) is 12.1 Å². The molecule has 2 atom stereocenters. The molecule has 3 fully saturated rings. The number of likely N-dealkylation sites (N-methyl/N-ethyl adjacent to an activating group) is 1. The predicted octanol–water partition coefficient (Wildman–Crippen LogP) is 1.30. The number of ether oxygens (including phenoxy) is 1. The molecule has 0 bridgehead atoms. The van der Waals surface area contributed by atoms with Gasteiger partial charge in [-0.05, 0) is 53.6 Å². The highest BCUT2D eigenvalue weighted by molar-refractivity contribution is 5.96. The van der Waals surface area contributed by atoms with Crippen LogP contribution < -0.4 is 15.5 Å². The molecule has 0 saturated carbocycles. The Morgan fingerprint density at radius 3 is 2.61 bits per heavy atom. The molecule has 1 amide bonds. The summed E-state index contributed by atoms with van der Waals surface area (Å²) in [6.45, 7) is 10.7. The number of fused-ring (bicyclic) bond motifs is 1. The van der Waals surface area contributed by atoms with Crippen LogP contribution in [-0.2, 0) is 4.74 Å². The largest absolute Gasteiger partial charge is 0.444 e. The molecule has 2 unspecified atom stereocenters. The molecule has 33 heavy (non-hydrogen) atoms. The molecular formula is C22H36N8O3. The third-order valence-electron chi connectivity index (χ3n) is 6.57. The monoisotopic (exact) mass is 460 g/mol. The fraction of sp³-hybridized carbons (Fsp3) is 0.727. The molecule has 3 saturated heterocycles. The molecule has 3 aliphatic rings. The molecule has 3 N–H and O–H groups in total. The SMILES string of the molecule is CN1CCCN(c2nc(/C(N)=N/O)cc(N3CCC4C3CCN4C(=O)OC(C)(C)C)n2)CC1. The summed E-state index contributed by atoms with van der Waals surface area (Å²) in [5.41, 5.74) is 5.82. The second kappa shape index (κ2) is 9.20. The Labute approximate surface area is 195 Å².